The van der Waals surface area contributed by atoms with E-state index < -0.39 is 6.10 Å². The van der Waals surface area contributed by atoms with Crippen LogP contribution in [-0.2, 0) is 23.7 Å². The Bertz CT molecular complexity index is 671. The molecule has 32 heavy (non-hydrogen) atoms. The van der Waals surface area contributed by atoms with Gasteiger partial charge in [-0.1, -0.05) is 39.0 Å². The number of epoxide rings is 1. The van der Waals surface area contributed by atoms with Crippen LogP contribution in [0.5, 0.6) is 0 Å². The van der Waals surface area contributed by atoms with E-state index in [2.05, 4.69) is 52.8 Å². The van der Waals surface area contributed by atoms with Crippen LogP contribution < -0.4 is 0 Å². The number of rotatable bonds is 11. The fourth-order valence-electron chi connectivity index (χ4n) is 5.16. The fourth-order valence-corrected chi connectivity index (χ4v) is 5.16. The van der Waals surface area contributed by atoms with Crippen molar-refractivity contribution >= 4 is 5.97 Å². The van der Waals surface area contributed by atoms with Crippen molar-refractivity contribution in [1.82, 2.24) is 0 Å². The van der Waals surface area contributed by atoms with Crippen molar-refractivity contribution in [2.24, 2.45) is 17.8 Å². The van der Waals surface area contributed by atoms with Gasteiger partial charge in [0.1, 0.15) is 0 Å². The topological polar surface area (TPSA) is 77.5 Å². The minimum atomic E-state index is -0.522. The monoisotopic (exact) mass is 452 g/mol. The van der Waals surface area contributed by atoms with E-state index in [-0.39, 0.29) is 41.9 Å². The predicted molar refractivity (Wildman–Crippen MR) is 125 cm³/mol. The standard InChI is InChI=1S/C26H44O6/c1-16(15-26(6)25(32-26)19(4)24(30-8)20(5)27)10-9-11-17(2)21-13-12-18(3)22(31-21)14-23(28)29-7/h9-11,16,18-22,24-25,27H,12-15H2,1-8H3/b10-9+,17-11+/t16-,18-,19-,20-,21+,22+,24?,25-,26-/m1/s1. The lowest BCUT2D eigenvalue weighted by Gasteiger charge is -2.35. The van der Waals surface area contributed by atoms with Crippen LogP contribution in [0, 0.1) is 17.8 Å². The summed E-state index contributed by atoms with van der Waals surface area (Å²) in [5.74, 6) is 0.627. The van der Waals surface area contributed by atoms with Crippen molar-refractivity contribution in [1.29, 1.82) is 0 Å². The number of hydrogen-bond donors (Lipinski definition) is 1. The molecule has 0 bridgehead atoms. The molecule has 2 heterocycles. The average Bonchev–Trinajstić information content (AvgIpc) is 3.39. The molecule has 0 amide bonds. The molecule has 184 valence electrons. The molecule has 0 aromatic rings. The third-order valence-electron chi connectivity index (χ3n) is 7.17. The number of carbonyl (C=O) groups is 1. The summed E-state index contributed by atoms with van der Waals surface area (Å²) in [6, 6.07) is 0. The maximum atomic E-state index is 11.7. The van der Waals surface area contributed by atoms with Gasteiger partial charge >= 0.3 is 5.97 Å². The van der Waals surface area contributed by atoms with Crippen molar-refractivity contribution in [3.63, 3.8) is 0 Å². The van der Waals surface area contributed by atoms with Crippen LogP contribution in [0.3, 0.4) is 0 Å². The van der Waals surface area contributed by atoms with Gasteiger partial charge in [0.25, 0.3) is 0 Å². The second-order valence-electron chi connectivity index (χ2n) is 10.1. The largest absolute Gasteiger partial charge is 0.469 e. The molecule has 2 aliphatic rings. The lowest BCUT2D eigenvalue weighted by molar-refractivity contribution is -0.148. The molecular formula is C26H44O6. The molecule has 0 spiro atoms. The van der Waals surface area contributed by atoms with Gasteiger partial charge < -0.3 is 24.1 Å². The first kappa shape index (κ1) is 27.0. The zero-order valence-corrected chi connectivity index (χ0v) is 21.2. The second kappa shape index (κ2) is 11.8. The van der Waals surface area contributed by atoms with Gasteiger partial charge in [0.05, 0.1) is 49.7 Å². The molecule has 0 saturated carbocycles. The first-order valence-corrected chi connectivity index (χ1v) is 12.0. The Morgan fingerprint density at radius 3 is 2.53 bits per heavy atom. The Kier molecular flexibility index (Phi) is 9.95. The highest BCUT2D eigenvalue weighted by molar-refractivity contribution is 5.69. The van der Waals surface area contributed by atoms with E-state index >= 15 is 0 Å². The molecule has 0 radical (unpaired) electrons. The van der Waals surface area contributed by atoms with Crippen LogP contribution >= 0.6 is 0 Å². The Morgan fingerprint density at radius 2 is 1.94 bits per heavy atom. The number of aliphatic hydroxyl groups excluding tert-OH is 1. The predicted octanol–water partition coefficient (Wildman–Crippen LogP) is 4.45. The number of carbonyl (C=O) groups excluding carboxylic acids is 1. The molecule has 1 unspecified atom stereocenters. The molecule has 6 heteroatoms. The molecule has 6 nitrogen and oxygen atoms in total. The van der Waals surface area contributed by atoms with E-state index in [9.17, 15) is 9.90 Å². The molecule has 0 aliphatic carbocycles. The first-order chi connectivity index (χ1) is 15.0. The van der Waals surface area contributed by atoms with Crippen LogP contribution in [-0.4, -0.2) is 61.4 Å². The number of ether oxygens (including phenoxy) is 4. The van der Waals surface area contributed by atoms with Crippen LogP contribution in [0.25, 0.3) is 0 Å². The quantitative estimate of drug-likeness (QED) is 0.283. The third-order valence-corrected chi connectivity index (χ3v) is 7.17. The summed E-state index contributed by atoms with van der Waals surface area (Å²) in [5, 5.41) is 9.94. The smallest absolute Gasteiger partial charge is 0.308 e. The Hall–Kier alpha value is -1.21. The number of aliphatic hydroxyl groups is 1. The number of hydrogen-bond acceptors (Lipinski definition) is 6. The van der Waals surface area contributed by atoms with Crippen molar-refractivity contribution < 1.29 is 28.8 Å². The molecule has 2 aliphatic heterocycles. The Balaban J connectivity index is 1.87. The van der Waals surface area contributed by atoms with E-state index in [4.69, 9.17) is 18.9 Å². The van der Waals surface area contributed by atoms with E-state index in [1.165, 1.54) is 12.7 Å². The van der Waals surface area contributed by atoms with Gasteiger partial charge in [-0.2, -0.15) is 0 Å². The normalized spacial score (nSPS) is 34.7. The molecule has 0 aromatic carbocycles. The Morgan fingerprint density at radius 1 is 1.25 bits per heavy atom. The summed E-state index contributed by atoms with van der Waals surface area (Å²) in [6.07, 6.45) is 8.99. The minimum absolute atomic E-state index is 0.0433. The van der Waals surface area contributed by atoms with Crippen LogP contribution in [0.2, 0.25) is 0 Å². The zero-order valence-electron chi connectivity index (χ0n) is 21.2. The van der Waals surface area contributed by atoms with E-state index in [1.807, 2.05) is 0 Å². The van der Waals surface area contributed by atoms with Gasteiger partial charge in [0.15, 0.2) is 0 Å². The summed E-state index contributed by atoms with van der Waals surface area (Å²) < 4.78 is 22.6. The van der Waals surface area contributed by atoms with E-state index in [1.54, 1.807) is 14.0 Å². The fraction of sp³-hybridized carbons (Fsp3) is 0.808. The molecular weight excluding hydrogens is 408 g/mol. The van der Waals surface area contributed by atoms with Crippen molar-refractivity contribution in [2.45, 2.75) is 103 Å². The summed E-state index contributed by atoms with van der Waals surface area (Å²) in [7, 11) is 3.06. The Labute approximate surface area is 194 Å². The highest BCUT2D eigenvalue weighted by atomic mass is 16.6. The van der Waals surface area contributed by atoms with Crippen LogP contribution in [0.15, 0.2) is 23.8 Å². The third kappa shape index (κ3) is 7.14. The van der Waals surface area contributed by atoms with Gasteiger partial charge in [0.2, 0.25) is 0 Å². The maximum absolute atomic E-state index is 11.7. The number of allylic oxidation sites excluding steroid dienone is 3. The van der Waals surface area contributed by atoms with Gasteiger partial charge in [-0.25, -0.2) is 0 Å². The highest BCUT2D eigenvalue weighted by Crippen LogP contribution is 2.47. The second-order valence-corrected chi connectivity index (χ2v) is 10.1. The molecule has 0 aromatic heterocycles. The molecule has 1 N–H and O–H groups in total. The van der Waals surface area contributed by atoms with E-state index in [0.29, 0.717) is 18.3 Å². The van der Waals surface area contributed by atoms with E-state index in [0.717, 1.165) is 19.3 Å². The lowest BCUT2D eigenvalue weighted by atomic mass is 9.85. The van der Waals surface area contributed by atoms with Gasteiger partial charge in [-0.3, -0.25) is 4.79 Å². The van der Waals surface area contributed by atoms with Crippen LogP contribution in [0.4, 0.5) is 0 Å². The summed E-state index contributed by atoms with van der Waals surface area (Å²) in [6.45, 7) is 12.4. The van der Waals surface area contributed by atoms with Crippen molar-refractivity contribution in [3.8, 4) is 0 Å². The SMILES string of the molecule is COC(=O)C[C@@H]1O[C@H](/C(C)=C/C=C/[C@@H](C)C[C@@]2(C)O[C@@H]2[C@H](C)C(OC)[C@@H](C)O)CC[C@H]1C. The number of esters is 1. The average molecular weight is 453 g/mol. The molecule has 2 fully saturated rings. The summed E-state index contributed by atoms with van der Waals surface area (Å²) in [5.41, 5.74) is 0.993. The maximum Gasteiger partial charge on any atom is 0.308 e. The first-order valence-electron chi connectivity index (χ1n) is 12.0. The van der Waals surface area contributed by atoms with Crippen molar-refractivity contribution in [2.75, 3.05) is 14.2 Å². The van der Waals surface area contributed by atoms with Gasteiger partial charge in [-0.15, -0.1) is 0 Å². The lowest BCUT2D eigenvalue weighted by Crippen LogP contribution is -2.36. The number of methoxy groups -OCH3 is 2. The summed E-state index contributed by atoms with van der Waals surface area (Å²) >= 11 is 0. The highest BCUT2D eigenvalue weighted by Gasteiger charge is 2.56. The summed E-state index contributed by atoms with van der Waals surface area (Å²) in [4.78, 5) is 11.7. The zero-order chi connectivity index (χ0) is 24.1. The van der Waals surface area contributed by atoms with Gasteiger partial charge in [0, 0.05) is 13.0 Å². The van der Waals surface area contributed by atoms with Crippen molar-refractivity contribution in [3.05, 3.63) is 23.8 Å². The minimum Gasteiger partial charge on any atom is -0.469 e. The molecule has 2 rings (SSSR count). The van der Waals surface area contributed by atoms with Gasteiger partial charge in [-0.05, 0) is 57.4 Å². The van der Waals surface area contributed by atoms with Crippen LogP contribution in [0.1, 0.15) is 67.2 Å². The molecule has 2 saturated heterocycles. The molecule has 9 atom stereocenters.